The molecule has 1 aromatic carbocycles. The molecule has 0 radical (unpaired) electrons. The van der Waals surface area contributed by atoms with Gasteiger partial charge in [-0.15, -0.1) is 0 Å². The number of nitrogens with one attached hydrogen (secondary N) is 1. The van der Waals surface area contributed by atoms with Crippen LogP contribution < -0.4 is 5.32 Å². The average molecular weight is 291 g/mol. The number of aliphatic hydroxyl groups is 1. The summed E-state index contributed by atoms with van der Waals surface area (Å²) in [4.78, 5) is 4.63. The zero-order valence-corrected chi connectivity index (χ0v) is 13.4. The number of benzene rings is 1. The van der Waals surface area contributed by atoms with Crippen LogP contribution in [0, 0.1) is 0 Å². The molecule has 0 aromatic heterocycles. The molecule has 4 heteroatoms. The summed E-state index contributed by atoms with van der Waals surface area (Å²) < 4.78 is 0. The fourth-order valence-electron chi connectivity index (χ4n) is 3.08. The van der Waals surface area contributed by atoms with Gasteiger partial charge in [0.1, 0.15) is 0 Å². The largest absolute Gasteiger partial charge is 0.394 e. The van der Waals surface area contributed by atoms with Crippen molar-refractivity contribution in [1.29, 1.82) is 0 Å². The molecule has 0 amide bonds. The second-order valence-electron chi connectivity index (χ2n) is 6.47. The van der Waals surface area contributed by atoms with Gasteiger partial charge in [0.25, 0.3) is 0 Å². The SMILES string of the molecule is CN(C)CCNC1(CO)CCCN(Cc2ccccc2)C1. The Hall–Kier alpha value is -0.940. The number of likely N-dealkylation sites (N-methyl/N-ethyl adjacent to an activating group) is 1. The third kappa shape index (κ3) is 5.08. The maximum atomic E-state index is 9.89. The van der Waals surface area contributed by atoms with E-state index in [0.29, 0.717) is 0 Å². The molecule has 0 saturated carbocycles. The van der Waals surface area contributed by atoms with Gasteiger partial charge in [0.15, 0.2) is 0 Å². The first-order valence-electron chi connectivity index (χ1n) is 7.90. The highest BCUT2D eigenvalue weighted by atomic mass is 16.3. The first kappa shape index (κ1) is 16.4. The van der Waals surface area contributed by atoms with Crippen molar-refractivity contribution in [2.45, 2.75) is 24.9 Å². The molecule has 1 aliphatic rings. The molecule has 1 aromatic rings. The third-order valence-electron chi connectivity index (χ3n) is 4.27. The first-order chi connectivity index (χ1) is 10.1. The van der Waals surface area contributed by atoms with Crippen LogP contribution in [0.3, 0.4) is 0 Å². The van der Waals surface area contributed by atoms with Gasteiger partial charge in [0, 0.05) is 26.2 Å². The smallest absolute Gasteiger partial charge is 0.0625 e. The summed E-state index contributed by atoms with van der Waals surface area (Å²) in [6.07, 6.45) is 2.20. The molecule has 1 fully saturated rings. The van der Waals surface area contributed by atoms with Crippen molar-refractivity contribution >= 4 is 0 Å². The molecule has 1 saturated heterocycles. The molecule has 0 spiro atoms. The second-order valence-corrected chi connectivity index (χ2v) is 6.47. The summed E-state index contributed by atoms with van der Waals surface area (Å²) in [5, 5.41) is 13.5. The van der Waals surface area contributed by atoms with Crippen molar-refractivity contribution in [3.05, 3.63) is 35.9 Å². The zero-order valence-electron chi connectivity index (χ0n) is 13.4. The molecule has 2 N–H and O–H groups in total. The third-order valence-corrected chi connectivity index (χ3v) is 4.27. The molecule has 0 aliphatic carbocycles. The van der Waals surface area contributed by atoms with E-state index in [4.69, 9.17) is 0 Å². The lowest BCUT2D eigenvalue weighted by molar-refractivity contribution is 0.0625. The molecule has 1 aliphatic heterocycles. The van der Waals surface area contributed by atoms with E-state index in [-0.39, 0.29) is 12.1 Å². The Bertz CT molecular complexity index is 410. The molecule has 4 nitrogen and oxygen atoms in total. The minimum absolute atomic E-state index is 0.136. The second kappa shape index (κ2) is 7.90. The van der Waals surface area contributed by atoms with Gasteiger partial charge in [0.05, 0.1) is 12.1 Å². The fraction of sp³-hybridized carbons (Fsp3) is 0.647. The van der Waals surface area contributed by atoms with E-state index in [1.165, 1.54) is 5.56 Å². The Balaban J connectivity index is 1.90. The van der Waals surface area contributed by atoms with E-state index in [0.717, 1.165) is 45.6 Å². The number of likely N-dealkylation sites (tertiary alicyclic amines) is 1. The number of piperidine rings is 1. The van der Waals surface area contributed by atoms with E-state index in [9.17, 15) is 5.11 Å². The Kier molecular flexibility index (Phi) is 6.18. The van der Waals surface area contributed by atoms with E-state index < -0.39 is 0 Å². The highest BCUT2D eigenvalue weighted by Crippen LogP contribution is 2.22. The van der Waals surface area contributed by atoms with Crippen LogP contribution in [-0.2, 0) is 6.54 Å². The van der Waals surface area contributed by atoms with E-state index in [2.05, 4.69) is 59.5 Å². The van der Waals surface area contributed by atoms with Gasteiger partial charge in [-0.1, -0.05) is 30.3 Å². The lowest BCUT2D eigenvalue weighted by atomic mass is 9.89. The monoisotopic (exact) mass is 291 g/mol. The van der Waals surface area contributed by atoms with Crippen LogP contribution in [0.1, 0.15) is 18.4 Å². The van der Waals surface area contributed by atoms with Gasteiger partial charge in [-0.05, 0) is 39.0 Å². The Morgan fingerprint density at radius 1 is 1.29 bits per heavy atom. The Morgan fingerprint density at radius 3 is 2.71 bits per heavy atom. The van der Waals surface area contributed by atoms with Gasteiger partial charge in [0.2, 0.25) is 0 Å². The number of hydrogen-bond acceptors (Lipinski definition) is 4. The van der Waals surface area contributed by atoms with Gasteiger partial charge in [-0.25, -0.2) is 0 Å². The summed E-state index contributed by atoms with van der Waals surface area (Å²) in [7, 11) is 4.16. The lowest BCUT2D eigenvalue weighted by Gasteiger charge is -2.42. The predicted octanol–water partition coefficient (Wildman–Crippen LogP) is 1.16. The maximum absolute atomic E-state index is 9.89. The Morgan fingerprint density at radius 2 is 2.05 bits per heavy atom. The van der Waals surface area contributed by atoms with E-state index >= 15 is 0 Å². The van der Waals surface area contributed by atoms with E-state index in [1.54, 1.807) is 0 Å². The normalized spacial score (nSPS) is 23.6. The van der Waals surface area contributed by atoms with E-state index in [1.807, 2.05) is 0 Å². The van der Waals surface area contributed by atoms with Gasteiger partial charge in [-0.2, -0.15) is 0 Å². The summed E-state index contributed by atoms with van der Waals surface area (Å²) >= 11 is 0. The van der Waals surface area contributed by atoms with Gasteiger partial charge >= 0.3 is 0 Å². The van der Waals surface area contributed by atoms with Crippen molar-refractivity contribution in [2.75, 3.05) is 46.9 Å². The summed E-state index contributed by atoms with van der Waals surface area (Å²) in [6, 6.07) is 10.6. The highest BCUT2D eigenvalue weighted by molar-refractivity contribution is 5.14. The van der Waals surface area contributed by atoms with Crippen LogP contribution in [0.2, 0.25) is 0 Å². The van der Waals surface area contributed by atoms with Crippen LogP contribution in [-0.4, -0.2) is 67.3 Å². The quantitative estimate of drug-likeness (QED) is 0.791. The summed E-state index contributed by atoms with van der Waals surface area (Å²) in [6.45, 7) is 5.15. The van der Waals surface area contributed by atoms with Crippen LogP contribution in [0.4, 0.5) is 0 Å². The minimum Gasteiger partial charge on any atom is -0.394 e. The minimum atomic E-state index is -0.136. The maximum Gasteiger partial charge on any atom is 0.0625 e. The molecule has 1 atom stereocenters. The number of hydrogen-bond donors (Lipinski definition) is 2. The highest BCUT2D eigenvalue weighted by Gasteiger charge is 2.34. The molecule has 21 heavy (non-hydrogen) atoms. The predicted molar refractivity (Wildman–Crippen MR) is 87.3 cm³/mol. The Labute approximate surface area is 128 Å². The zero-order chi connectivity index (χ0) is 15.1. The number of rotatable bonds is 7. The molecule has 2 rings (SSSR count). The van der Waals surface area contributed by atoms with Crippen molar-refractivity contribution in [1.82, 2.24) is 15.1 Å². The molecule has 118 valence electrons. The van der Waals surface area contributed by atoms with Gasteiger partial charge < -0.3 is 15.3 Å². The molecule has 1 heterocycles. The number of aliphatic hydroxyl groups excluding tert-OH is 1. The van der Waals surface area contributed by atoms with Crippen LogP contribution >= 0.6 is 0 Å². The lowest BCUT2D eigenvalue weighted by Crippen LogP contribution is -2.60. The topological polar surface area (TPSA) is 38.7 Å². The molecule has 0 bridgehead atoms. The van der Waals surface area contributed by atoms with Crippen molar-refractivity contribution < 1.29 is 5.11 Å². The van der Waals surface area contributed by atoms with Crippen LogP contribution in [0.15, 0.2) is 30.3 Å². The van der Waals surface area contributed by atoms with Crippen LogP contribution in [0.5, 0.6) is 0 Å². The summed E-state index contributed by atoms with van der Waals surface area (Å²) in [5.41, 5.74) is 1.21. The molecular weight excluding hydrogens is 262 g/mol. The standard InChI is InChI=1S/C17H29N3O/c1-19(2)12-10-18-17(15-21)9-6-11-20(14-17)13-16-7-4-3-5-8-16/h3-5,7-8,18,21H,6,9-15H2,1-2H3. The van der Waals surface area contributed by atoms with Crippen LogP contribution in [0.25, 0.3) is 0 Å². The van der Waals surface area contributed by atoms with Crippen molar-refractivity contribution in [2.24, 2.45) is 0 Å². The first-order valence-corrected chi connectivity index (χ1v) is 7.90. The molecular formula is C17H29N3O. The summed E-state index contributed by atoms with van der Waals surface area (Å²) in [5.74, 6) is 0. The van der Waals surface area contributed by atoms with Gasteiger partial charge in [-0.3, -0.25) is 4.90 Å². The van der Waals surface area contributed by atoms with Crippen molar-refractivity contribution in [3.63, 3.8) is 0 Å². The average Bonchev–Trinajstić information content (AvgIpc) is 2.48. The van der Waals surface area contributed by atoms with Crippen molar-refractivity contribution in [3.8, 4) is 0 Å². The number of nitrogens with zero attached hydrogens (tertiary/aromatic N) is 2. The fourth-order valence-corrected chi connectivity index (χ4v) is 3.08. The molecule has 1 unspecified atom stereocenters.